The molecule has 0 unspecified atom stereocenters. The van der Waals surface area contributed by atoms with Crippen LogP contribution in [0.2, 0.25) is 0 Å². The third-order valence-electron chi connectivity index (χ3n) is 4.51. The zero-order valence-corrected chi connectivity index (χ0v) is 17.5. The third kappa shape index (κ3) is 3.79. The van der Waals surface area contributed by atoms with Gasteiger partial charge in [-0.2, -0.15) is 5.10 Å². The number of hydrogen-bond acceptors (Lipinski definition) is 7. The number of oxazole rings is 1. The van der Waals surface area contributed by atoms with Gasteiger partial charge in [-0.3, -0.25) is 4.79 Å². The molecule has 0 fully saturated rings. The van der Waals surface area contributed by atoms with Gasteiger partial charge in [0.05, 0.1) is 31.8 Å². The Bertz CT molecular complexity index is 1160. The van der Waals surface area contributed by atoms with Gasteiger partial charge >= 0.3 is 0 Å². The quantitative estimate of drug-likeness (QED) is 0.477. The van der Waals surface area contributed by atoms with Gasteiger partial charge in [-0.25, -0.2) is 9.67 Å². The molecule has 4 rings (SSSR count). The van der Waals surface area contributed by atoms with E-state index in [1.807, 2.05) is 35.7 Å². The van der Waals surface area contributed by atoms with Crippen LogP contribution >= 0.6 is 11.3 Å². The summed E-state index contributed by atoms with van der Waals surface area (Å²) < 4.78 is 18.2. The van der Waals surface area contributed by atoms with Crippen molar-refractivity contribution in [3.63, 3.8) is 0 Å². The van der Waals surface area contributed by atoms with Crippen LogP contribution in [-0.4, -0.2) is 34.9 Å². The van der Waals surface area contributed by atoms with Gasteiger partial charge in [-0.15, -0.1) is 11.3 Å². The highest BCUT2D eigenvalue weighted by molar-refractivity contribution is 7.13. The lowest BCUT2D eigenvalue weighted by Crippen LogP contribution is -2.17. The molecule has 1 aromatic carbocycles. The highest BCUT2D eigenvalue weighted by Gasteiger charge is 2.20. The second-order valence-electron chi connectivity index (χ2n) is 6.38. The Balaban J connectivity index is 1.56. The molecule has 0 spiro atoms. The number of thiophene rings is 1. The SMILES string of the molecule is COc1cccc(Cn2nccc2NC(=O)c2nc(-c3cccs3)oc2C)c1OC. The number of hydrogen-bond donors (Lipinski definition) is 1. The molecule has 1 N–H and O–H groups in total. The summed E-state index contributed by atoms with van der Waals surface area (Å²) >= 11 is 1.50. The number of amides is 1. The van der Waals surface area contributed by atoms with Crippen molar-refractivity contribution in [2.75, 3.05) is 19.5 Å². The van der Waals surface area contributed by atoms with E-state index in [0.29, 0.717) is 35.5 Å². The van der Waals surface area contributed by atoms with Gasteiger partial charge in [-0.05, 0) is 24.4 Å². The van der Waals surface area contributed by atoms with Crippen molar-refractivity contribution in [1.29, 1.82) is 0 Å². The minimum Gasteiger partial charge on any atom is -0.493 e. The Labute approximate surface area is 177 Å². The van der Waals surface area contributed by atoms with Gasteiger partial charge in [0.25, 0.3) is 5.91 Å². The summed E-state index contributed by atoms with van der Waals surface area (Å²) in [6.45, 7) is 2.11. The van der Waals surface area contributed by atoms with Crippen molar-refractivity contribution in [2.45, 2.75) is 13.5 Å². The standard InChI is InChI=1S/C21H20N4O4S/c1-13-18(24-21(29-13)16-8-5-11-30-16)20(26)23-17-9-10-22-25(17)12-14-6-4-7-15(27-2)19(14)28-3/h4-11H,12H2,1-3H3,(H,23,26). The van der Waals surface area contributed by atoms with E-state index in [2.05, 4.69) is 15.4 Å². The van der Waals surface area contributed by atoms with Crippen molar-refractivity contribution in [2.24, 2.45) is 0 Å². The molecular weight excluding hydrogens is 404 g/mol. The number of benzene rings is 1. The lowest BCUT2D eigenvalue weighted by Gasteiger charge is -2.14. The fourth-order valence-electron chi connectivity index (χ4n) is 3.09. The summed E-state index contributed by atoms with van der Waals surface area (Å²) in [5.41, 5.74) is 1.11. The number of carbonyl (C=O) groups excluding carboxylic acids is 1. The maximum absolute atomic E-state index is 12.8. The molecule has 8 nitrogen and oxygen atoms in total. The molecule has 0 bridgehead atoms. The van der Waals surface area contributed by atoms with Crippen molar-refractivity contribution >= 4 is 23.1 Å². The van der Waals surface area contributed by atoms with E-state index >= 15 is 0 Å². The van der Waals surface area contributed by atoms with Gasteiger partial charge < -0.3 is 19.2 Å². The second kappa shape index (κ2) is 8.42. The van der Waals surface area contributed by atoms with Crippen molar-refractivity contribution in [3.05, 3.63) is 65.0 Å². The minimum atomic E-state index is -0.363. The molecule has 154 valence electrons. The lowest BCUT2D eigenvalue weighted by atomic mass is 10.2. The van der Waals surface area contributed by atoms with Crippen LogP contribution in [0, 0.1) is 6.92 Å². The molecule has 30 heavy (non-hydrogen) atoms. The van der Waals surface area contributed by atoms with E-state index in [1.165, 1.54) is 11.3 Å². The van der Waals surface area contributed by atoms with Gasteiger partial charge in [0, 0.05) is 11.6 Å². The van der Waals surface area contributed by atoms with Gasteiger partial charge in [0.1, 0.15) is 11.6 Å². The molecule has 0 aliphatic rings. The number of anilines is 1. The molecule has 3 aromatic heterocycles. The molecule has 0 aliphatic carbocycles. The summed E-state index contributed by atoms with van der Waals surface area (Å²) in [7, 11) is 3.18. The number of nitrogens with one attached hydrogen (secondary N) is 1. The maximum Gasteiger partial charge on any atom is 0.279 e. The summed E-state index contributed by atoms with van der Waals surface area (Å²) in [6.07, 6.45) is 1.62. The topological polar surface area (TPSA) is 91.4 Å². The zero-order valence-electron chi connectivity index (χ0n) is 16.7. The Kier molecular flexibility index (Phi) is 5.53. The van der Waals surface area contributed by atoms with E-state index in [1.54, 1.807) is 38.1 Å². The van der Waals surface area contributed by atoms with E-state index in [9.17, 15) is 4.79 Å². The lowest BCUT2D eigenvalue weighted by molar-refractivity contribution is 0.102. The van der Waals surface area contributed by atoms with Gasteiger partial charge in [0.2, 0.25) is 5.89 Å². The normalized spacial score (nSPS) is 10.8. The predicted molar refractivity (Wildman–Crippen MR) is 113 cm³/mol. The predicted octanol–water partition coefficient (Wildman–Crippen LogP) is 4.23. The average molecular weight is 424 g/mol. The van der Waals surface area contributed by atoms with Crippen molar-refractivity contribution in [3.8, 4) is 22.3 Å². The number of aromatic nitrogens is 3. The molecule has 0 radical (unpaired) electrons. The van der Waals surface area contributed by atoms with Crippen LogP contribution in [0.25, 0.3) is 10.8 Å². The number of ether oxygens (including phenoxy) is 2. The van der Waals surface area contributed by atoms with Crippen LogP contribution in [0.5, 0.6) is 11.5 Å². The van der Waals surface area contributed by atoms with E-state index in [-0.39, 0.29) is 11.6 Å². The molecule has 0 saturated heterocycles. The number of carbonyl (C=O) groups is 1. The largest absolute Gasteiger partial charge is 0.493 e. The monoisotopic (exact) mass is 424 g/mol. The molecule has 0 saturated carbocycles. The molecule has 4 aromatic rings. The Hall–Kier alpha value is -3.59. The van der Waals surface area contributed by atoms with Crippen molar-refractivity contribution < 1.29 is 18.7 Å². The number of rotatable bonds is 7. The van der Waals surface area contributed by atoms with E-state index in [4.69, 9.17) is 13.9 Å². The highest BCUT2D eigenvalue weighted by atomic mass is 32.1. The first kappa shape index (κ1) is 19.7. The number of methoxy groups -OCH3 is 2. The zero-order chi connectivity index (χ0) is 21.1. The molecule has 3 heterocycles. The van der Waals surface area contributed by atoms with Gasteiger partial charge in [-0.1, -0.05) is 18.2 Å². The fraction of sp³-hybridized carbons (Fsp3) is 0.190. The summed E-state index contributed by atoms with van der Waals surface area (Å²) in [5.74, 6) is 2.31. The van der Waals surface area contributed by atoms with Crippen LogP contribution < -0.4 is 14.8 Å². The first-order chi connectivity index (χ1) is 14.6. The number of aryl methyl sites for hydroxylation is 1. The van der Waals surface area contributed by atoms with Crippen LogP contribution in [0.3, 0.4) is 0 Å². The van der Waals surface area contributed by atoms with Crippen molar-refractivity contribution in [1.82, 2.24) is 14.8 Å². The smallest absolute Gasteiger partial charge is 0.279 e. The maximum atomic E-state index is 12.8. The first-order valence-electron chi connectivity index (χ1n) is 9.15. The number of nitrogens with zero attached hydrogens (tertiary/aromatic N) is 3. The van der Waals surface area contributed by atoms with E-state index < -0.39 is 0 Å². The highest BCUT2D eigenvalue weighted by Crippen LogP contribution is 2.31. The van der Waals surface area contributed by atoms with Crippen LogP contribution in [0.1, 0.15) is 21.8 Å². The molecule has 0 atom stereocenters. The number of para-hydroxylation sites is 1. The van der Waals surface area contributed by atoms with Crippen LogP contribution in [0.4, 0.5) is 5.82 Å². The van der Waals surface area contributed by atoms with Gasteiger partial charge in [0.15, 0.2) is 17.2 Å². The Morgan fingerprint density at radius 2 is 2.07 bits per heavy atom. The Morgan fingerprint density at radius 3 is 2.80 bits per heavy atom. The third-order valence-corrected chi connectivity index (χ3v) is 5.36. The minimum absolute atomic E-state index is 0.241. The molecule has 0 aliphatic heterocycles. The molecular formula is C21H20N4O4S. The van der Waals surface area contributed by atoms with Crippen LogP contribution in [-0.2, 0) is 6.54 Å². The fourth-order valence-corrected chi connectivity index (χ4v) is 3.74. The summed E-state index contributed by atoms with van der Waals surface area (Å²) in [4.78, 5) is 18.1. The van der Waals surface area contributed by atoms with E-state index in [0.717, 1.165) is 10.4 Å². The first-order valence-corrected chi connectivity index (χ1v) is 10.0. The average Bonchev–Trinajstić information content (AvgIpc) is 3.49. The van der Waals surface area contributed by atoms with Crippen LogP contribution in [0.15, 0.2) is 52.4 Å². The summed E-state index contributed by atoms with van der Waals surface area (Å²) in [5, 5.41) is 9.11. The molecule has 9 heteroatoms. The molecule has 1 amide bonds. The Morgan fingerprint density at radius 1 is 1.20 bits per heavy atom. The second-order valence-corrected chi connectivity index (χ2v) is 7.33. The summed E-state index contributed by atoms with van der Waals surface area (Å²) in [6, 6.07) is 11.2.